The molecular formula is C21H20ClN3O2. The van der Waals surface area contributed by atoms with Gasteiger partial charge in [-0.2, -0.15) is 0 Å². The first-order chi connectivity index (χ1) is 13.0. The number of hydrogen-bond acceptors (Lipinski definition) is 3. The van der Waals surface area contributed by atoms with Crippen molar-refractivity contribution in [2.45, 2.75) is 13.8 Å². The van der Waals surface area contributed by atoms with E-state index in [1.807, 2.05) is 44.2 Å². The molecule has 0 bridgehead atoms. The number of methoxy groups -OCH3 is 1. The van der Waals surface area contributed by atoms with Gasteiger partial charge in [-0.15, -0.1) is 0 Å². The molecule has 0 aliphatic carbocycles. The molecule has 0 unspecified atom stereocenters. The summed E-state index contributed by atoms with van der Waals surface area (Å²) in [6.45, 7) is 3.84. The lowest BCUT2D eigenvalue weighted by molar-refractivity contribution is 0.262. The number of hydrogen-bond donors (Lipinski definition) is 2. The van der Waals surface area contributed by atoms with Crippen molar-refractivity contribution in [3.63, 3.8) is 0 Å². The molecule has 3 aromatic rings. The molecule has 0 aliphatic heterocycles. The zero-order chi connectivity index (χ0) is 19.4. The number of ether oxygens (including phenoxy) is 1. The summed E-state index contributed by atoms with van der Waals surface area (Å²) in [7, 11) is 1.60. The van der Waals surface area contributed by atoms with Gasteiger partial charge in [0.1, 0.15) is 5.75 Å². The summed E-state index contributed by atoms with van der Waals surface area (Å²) in [6, 6.07) is 14.4. The maximum absolute atomic E-state index is 12.3. The molecule has 0 spiro atoms. The van der Waals surface area contributed by atoms with Crippen LogP contribution in [0.15, 0.2) is 54.7 Å². The van der Waals surface area contributed by atoms with E-state index in [0.29, 0.717) is 22.1 Å². The Balaban J connectivity index is 1.79. The number of urea groups is 1. The molecule has 0 saturated heterocycles. The summed E-state index contributed by atoms with van der Waals surface area (Å²) in [4.78, 5) is 16.5. The van der Waals surface area contributed by atoms with E-state index in [0.717, 1.165) is 22.4 Å². The molecule has 5 nitrogen and oxygen atoms in total. The molecule has 0 saturated carbocycles. The van der Waals surface area contributed by atoms with Crippen molar-refractivity contribution < 1.29 is 9.53 Å². The van der Waals surface area contributed by atoms with Crippen LogP contribution in [-0.4, -0.2) is 18.1 Å². The van der Waals surface area contributed by atoms with Crippen LogP contribution in [0, 0.1) is 13.8 Å². The van der Waals surface area contributed by atoms with Gasteiger partial charge in [-0.3, -0.25) is 4.98 Å². The van der Waals surface area contributed by atoms with E-state index < -0.39 is 0 Å². The maximum atomic E-state index is 12.3. The van der Waals surface area contributed by atoms with Gasteiger partial charge < -0.3 is 15.4 Å². The van der Waals surface area contributed by atoms with Gasteiger partial charge in [0, 0.05) is 39.9 Å². The normalized spacial score (nSPS) is 10.4. The molecule has 0 atom stereocenters. The van der Waals surface area contributed by atoms with Crippen LogP contribution >= 0.6 is 11.6 Å². The first kappa shape index (κ1) is 18.7. The van der Waals surface area contributed by atoms with Crippen LogP contribution in [0.25, 0.3) is 11.1 Å². The van der Waals surface area contributed by atoms with Crippen molar-refractivity contribution in [2.75, 3.05) is 17.7 Å². The first-order valence-corrected chi connectivity index (χ1v) is 8.79. The summed E-state index contributed by atoms with van der Waals surface area (Å²) in [5, 5.41) is 6.19. The minimum absolute atomic E-state index is 0.352. The molecular weight excluding hydrogens is 362 g/mol. The van der Waals surface area contributed by atoms with Crippen LogP contribution in [0.4, 0.5) is 16.2 Å². The molecule has 0 radical (unpaired) electrons. The second-order valence-electron chi connectivity index (χ2n) is 6.14. The molecule has 138 valence electrons. The summed E-state index contributed by atoms with van der Waals surface area (Å²) in [6.07, 6.45) is 1.76. The lowest BCUT2D eigenvalue weighted by atomic mass is 10.0. The van der Waals surface area contributed by atoms with Crippen molar-refractivity contribution in [1.29, 1.82) is 0 Å². The van der Waals surface area contributed by atoms with Crippen LogP contribution in [0.3, 0.4) is 0 Å². The Kier molecular flexibility index (Phi) is 5.62. The fraction of sp³-hybridized carbons (Fsp3) is 0.143. The van der Waals surface area contributed by atoms with Gasteiger partial charge >= 0.3 is 6.03 Å². The van der Waals surface area contributed by atoms with E-state index >= 15 is 0 Å². The lowest BCUT2D eigenvalue weighted by Crippen LogP contribution is -2.20. The Labute approximate surface area is 163 Å². The van der Waals surface area contributed by atoms with Crippen LogP contribution in [0.1, 0.15) is 11.3 Å². The molecule has 2 aromatic carbocycles. The third-order valence-corrected chi connectivity index (χ3v) is 4.35. The standard InChI is InChI=1S/C21H20ClN3O2/c1-13-4-5-16(22)11-19(13)25-21(26)24-17-6-7-18(20(12-17)27-3)15-8-9-23-14(2)10-15/h4-12H,1-3H3,(H2,24,25,26). The zero-order valence-corrected chi connectivity index (χ0v) is 16.1. The molecule has 27 heavy (non-hydrogen) atoms. The van der Waals surface area contributed by atoms with Gasteiger partial charge in [-0.25, -0.2) is 4.79 Å². The summed E-state index contributed by atoms with van der Waals surface area (Å²) < 4.78 is 5.51. The van der Waals surface area contributed by atoms with Gasteiger partial charge in [-0.1, -0.05) is 17.7 Å². The zero-order valence-electron chi connectivity index (χ0n) is 15.3. The van der Waals surface area contributed by atoms with Crippen LogP contribution in [0.2, 0.25) is 5.02 Å². The van der Waals surface area contributed by atoms with E-state index in [9.17, 15) is 4.79 Å². The van der Waals surface area contributed by atoms with E-state index in [-0.39, 0.29) is 6.03 Å². The predicted molar refractivity (Wildman–Crippen MR) is 110 cm³/mol. The highest BCUT2D eigenvalue weighted by Crippen LogP contribution is 2.32. The number of anilines is 2. The van der Waals surface area contributed by atoms with Crippen LogP contribution < -0.4 is 15.4 Å². The number of aromatic nitrogens is 1. The second kappa shape index (κ2) is 8.10. The predicted octanol–water partition coefficient (Wildman–Crippen LogP) is 5.67. The van der Waals surface area contributed by atoms with Crippen molar-refractivity contribution in [3.05, 3.63) is 71.0 Å². The van der Waals surface area contributed by atoms with Gasteiger partial charge in [0.25, 0.3) is 0 Å². The number of benzene rings is 2. The van der Waals surface area contributed by atoms with Crippen molar-refractivity contribution in [2.24, 2.45) is 0 Å². The van der Waals surface area contributed by atoms with Crippen LogP contribution in [0.5, 0.6) is 5.75 Å². The number of pyridine rings is 1. The lowest BCUT2D eigenvalue weighted by Gasteiger charge is -2.13. The number of aryl methyl sites for hydroxylation is 2. The molecule has 2 N–H and O–H groups in total. The third-order valence-electron chi connectivity index (χ3n) is 4.11. The highest BCUT2D eigenvalue weighted by molar-refractivity contribution is 6.31. The van der Waals surface area contributed by atoms with Crippen LogP contribution in [-0.2, 0) is 0 Å². The molecule has 2 amide bonds. The topological polar surface area (TPSA) is 63.2 Å². The summed E-state index contributed by atoms with van der Waals surface area (Å²) in [5.74, 6) is 0.664. The van der Waals surface area contributed by atoms with Crippen molar-refractivity contribution in [3.8, 4) is 16.9 Å². The highest BCUT2D eigenvalue weighted by Gasteiger charge is 2.10. The minimum atomic E-state index is -0.352. The average Bonchev–Trinajstić information content (AvgIpc) is 2.64. The summed E-state index contributed by atoms with van der Waals surface area (Å²) in [5.41, 5.74) is 5.07. The molecule has 1 heterocycles. The molecule has 6 heteroatoms. The fourth-order valence-corrected chi connectivity index (χ4v) is 2.91. The Morgan fingerprint density at radius 2 is 1.85 bits per heavy atom. The van der Waals surface area contributed by atoms with E-state index in [1.165, 1.54) is 0 Å². The summed E-state index contributed by atoms with van der Waals surface area (Å²) >= 11 is 5.99. The molecule has 0 fully saturated rings. The number of nitrogens with zero attached hydrogens (tertiary/aromatic N) is 1. The quantitative estimate of drug-likeness (QED) is 0.611. The van der Waals surface area contributed by atoms with Gasteiger partial charge in [0.05, 0.1) is 7.11 Å². The Morgan fingerprint density at radius 1 is 1.04 bits per heavy atom. The van der Waals surface area contributed by atoms with Gasteiger partial charge in [0.15, 0.2) is 0 Å². The third kappa shape index (κ3) is 4.57. The molecule has 0 aliphatic rings. The van der Waals surface area contributed by atoms with Crippen molar-refractivity contribution >= 4 is 29.0 Å². The fourth-order valence-electron chi connectivity index (χ4n) is 2.73. The number of nitrogens with one attached hydrogen (secondary N) is 2. The van der Waals surface area contributed by atoms with Gasteiger partial charge in [-0.05, 0) is 61.4 Å². The second-order valence-corrected chi connectivity index (χ2v) is 6.58. The largest absolute Gasteiger partial charge is 0.496 e. The SMILES string of the molecule is COc1cc(NC(=O)Nc2cc(Cl)ccc2C)ccc1-c1ccnc(C)c1. The number of amides is 2. The molecule has 1 aromatic heterocycles. The number of rotatable bonds is 4. The Morgan fingerprint density at radius 3 is 2.59 bits per heavy atom. The molecule has 3 rings (SSSR count). The maximum Gasteiger partial charge on any atom is 0.323 e. The number of halogens is 1. The van der Waals surface area contributed by atoms with Gasteiger partial charge in [0.2, 0.25) is 0 Å². The number of carbonyl (C=O) groups excluding carboxylic acids is 1. The van der Waals surface area contributed by atoms with E-state index in [2.05, 4.69) is 15.6 Å². The Bertz CT molecular complexity index is 989. The Hall–Kier alpha value is -3.05. The van der Waals surface area contributed by atoms with E-state index in [1.54, 1.807) is 31.5 Å². The monoisotopic (exact) mass is 381 g/mol. The average molecular weight is 382 g/mol. The van der Waals surface area contributed by atoms with E-state index in [4.69, 9.17) is 16.3 Å². The first-order valence-electron chi connectivity index (χ1n) is 8.41. The highest BCUT2D eigenvalue weighted by atomic mass is 35.5. The number of carbonyl (C=O) groups is 1. The smallest absolute Gasteiger partial charge is 0.323 e. The minimum Gasteiger partial charge on any atom is -0.496 e. The van der Waals surface area contributed by atoms with Crippen molar-refractivity contribution in [1.82, 2.24) is 4.98 Å².